The summed E-state index contributed by atoms with van der Waals surface area (Å²) < 4.78 is 15.6. The number of rotatable bonds is 6. The second-order valence-electron chi connectivity index (χ2n) is 6.82. The summed E-state index contributed by atoms with van der Waals surface area (Å²) in [5.41, 5.74) is -0.0870. The molecule has 0 spiro atoms. The SMILES string of the molecule is CCOC(=O)c1ccccc1NC(=O)C1(C(=O)Nc2ccc3c(c2)OCO3)CC1. The van der Waals surface area contributed by atoms with Crippen molar-refractivity contribution in [2.45, 2.75) is 19.8 Å². The van der Waals surface area contributed by atoms with Gasteiger partial charge < -0.3 is 24.8 Å². The topological polar surface area (TPSA) is 103 Å². The van der Waals surface area contributed by atoms with Gasteiger partial charge in [-0.15, -0.1) is 0 Å². The van der Waals surface area contributed by atoms with Crippen LogP contribution in [0.25, 0.3) is 0 Å². The first-order chi connectivity index (χ1) is 14.0. The van der Waals surface area contributed by atoms with Crippen molar-refractivity contribution in [2.75, 3.05) is 24.0 Å². The van der Waals surface area contributed by atoms with Crippen molar-refractivity contribution in [3.05, 3.63) is 48.0 Å². The van der Waals surface area contributed by atoms with E-state index in [-0.39, 0.29) is 19.0 Å². The highest BCUT2D eigenvalue weighted by atomic mass is 16.7. The van der Waals surface area contributed by atoms with Crippen LogP contribution in [0.4, 0.5) is 11.4 Å². The molecule has 1 fully saturated rings. The second kappa shape index (κ2) is 7.46. The molecule has 1 aliphatic heterocycles. The van der Waals surface area contributed by atoms with Crippen LogP contribution in [-0.2, 0) is 14.3 Å². The molecule has 1 heterocycles. The van der Waals surface area contributed by atoms with Crippen molar-refractivity contribution in [3.63, 3.8) is 0 Å². The van der Waals surface area contributed by atoms with E-state index in [1.54, 1.807) is 49.4 Å². The minimum Gasteiger partial charge on any atom is -0.462 e. The van der Waals surface area contributed by atoms with E-state index in [2.05, 4.69) is 10.6 Å². The number of esters is 1. The summed E-state index contributed by atoms with van der Waals surface area (Å²) >= 11 is 0. The van der Waals surface area contributed by atoms with E-state index in [1.807, 2.05) is 0 Å². The Morgan fingerprint density at radius 1 is 1.00 bits per heavy atom. The predicted octanol–water partition coefficient (Wildman–Crippen LogP) is 2.95. The Hall–Kier alpha value is -3.55. The Labute approximate surface area is 167 Å². The first-order valence-corrected chi connectivity index (χ1v) is 9.32. The van der Waals surface area contributed by atoms with Gasteiger partial charge in [0.05, 0.1) is 17.9 Å². The number of benzene rings is 2. The Kier molecular flexibility index (Phi) is 4.84. The molecule has 4 rings (SSSR count). The maximum absolute atomic E-state index is 12.9. The van der Waals surface area contributed by atoms with Gasteiger partial charge in [0, 0.05) is 11.8 Å². The predicted molar refractivity (Wildman–Crippen MR) is 104 cm³/mol. The van der Waals surface area contributed by atoms with Gasteiger partial charge in [-0.05, 0) is 44.0 Å². The third-order valence-electron chi connectivity index (χ3n) is 4.92. The van der Waals surface area contributed by atoms with E-state index in [0.717, 1.165) is 0 Å². The van der Waals surface area contributed by atoms with Crippen LogP contribution in [0.15, 0.2) is 42.5 Å². The second-order valence-corrected chi connectivity index (χ2v) is 6.82. The first kappa shape index (κ1) is 18.8. The van der Waals surface area contributed by atoms with E-state index in [4.69, 9.17) is 14.2 Å². The number of amides is 2. The smallest absolute Gasteiger partial charge is 0.340 e. The molecule has 2 aromatic rings. The van der Waals surface area contributed by atoms with Crippen molar-refractivity contribution in [1.82, 2.24) is 0 Å². The highest BCUT2D eigenvalue weighted by Gasteiger charge is 2.56. The molecule has 2 aliphatic rings. The van der Waals surface area contributed by atoms with Gasteiger partial charge in [0.1, 0.15) is 5.41 Å². The summed E-state index contributed by atoms with van der Waals surface area (Å²) in [5, 5.41) is 5.49. The highest BCUT2D eigenvalue weighted by molar-refractivity contribution is 6.17. The molecule has 1 aliphatic carbocycles. The average molecular weight is 396 g/mol. The van der Waals surface area contributed by atoms with E-state index >= 15 is 0 Å². The zero-order chi connectivity index (χ0) is 20.4. The van der Waals surface area contributed by atoms with Gasteiger partial charge in [-0.3, -0.25) is 9.59 Å². The molecule has 2 N–H and O–H groups in total. The number of hydrogen-bond donors (Lipinski definition) is 2. The third kappa shape index (κ3) is 3.61. The Balaban J connectivity index is 1.48. The molecular weight excluding hydrogens is 376 g/mol. The Morgan fingerprint density at radius 3 is 2.48 bits per heavy atom. The maximum Gasteiger partial charge on any atom is 0.340 e. The van der Waals surface area contributed by atoms with E-state index in [1.165, 1.54) is 0 Å². The number of hydrogen-bond acceptors (Lipinski definition) is 6. The highest BCUT2D eigenvalue weighted by Crippen LogP contribution is 2.48. The molecule has 8 heteroatoms. The van der Waals surface area contributed by atoms with E-state index in [0.29, 0.717) is 35.7 Å². The molecule has 0 aromatic heterocycles. The van der Waals surface area contributed by atoms with Crippen molar-refractivity contribution >= 4 is 29.2 Å². The van der Waals surface area contributed by atoms with Crippen LogP contribution >= 0.6 is 0 Å². The van der Waals surface area contributed by atoms with Gasteiger partial charge in [-0.1, -0.05) is 12.1 Å². The standard InChI is InChI=1S/C21H20N2O6/c1-2-27-18(24)14-5-3-4-6-15(14)23-20(26)21(9-10-21)19(25)22-13-7-8-16-17(11-13)29-12-28-16/h3-8,11H,2,9-10,12H2,1H3,(H,22,25)(H,23,26). The van der Waals surface area contributed by atoms with Crippen molar-refractivity contribution in [2.24, 2.45) is 5.41 Å². The summed E-state index contributed by atoms with van der Waals surface area (Å²) in [6.45, 7) is 2.07. The largest absolute Gasteiger partial charge is 0.462 e. The van der Waals surface area contributed by atoms with Crippen molar-refractivity contribution in [3.8, 4) is 11.5 Å². The van der Waals surface area contributed by atoms with Crippen LogP contribution in [0.1, 0.15) is 30.1 Å². The first-order valence-electron chi connectivity index (χ1n) is 9.32. The number of nitrogens with one attached hydrogen (secondary N) is 2. The fourth-order valence-electron chi connectivity index (χ4n) is 3.13. The third-order valence-corrected chi connectivity index (χ3v) is 4.92. The van der Waals surface area contributed by atoms with Gasteiger partial charge in [-0.2, -0.15) is 0 Å². The summed E-state index contributed by atoms with van der Waals surface area (Å²) in [7, 11) is 0. The number of carbonyl (C=O) groups excluding carboxylic acids is 3. The van der Waals surface area contributed by atoms with Gasteiger partial charge in [-0.25, -0.2) is 4.79 Å². The van der Waals surface area contributed by atoms with Gasteiger partial charge in [0.15, 0.2) is 11.5 Å². The molecule has 0 saturated heterocycles. The van der Waals surface area contributed by atoms with Crippen LogP contribution in [-0.4, -0.2) is 31.2 Å². The summed E-state index contributed by atoms with van der Waals surface area (Å²) in [6.07, 6.45) is 0.855. The number of anilines is 2. The lowest BCUT2D eigenvalue weighted by atomic mass is 10.0. The minimum absolute atomic E-state index is 0.138. The minimum atomic E-state index is -1.17. The summed E-state index contributed by atoms with van der Waals surface area (Å²) in [6, 6.07) is 11.6. The van der Waals surface area contributed by atoms with Crippen LogP contribution in [0.2, 0.25) is 0 Å². The van der Waals surface area contributed by atoms with Gasteiger partial charge in [0.25, 0.3) is 0 Å². The molecule has 8 nitrogen and oxygen atoms in total. The zero-order valence-corrected chi connectivity index (χ0v) is 15.8. The van der Waals surface area contributed by atoms with Crippen LogP contribution in [0.5, 0.6) is 11.5 Å². The molecule has 150 valence electrons. The van der Waals surface area contributed by atoms with E-state index < -0.39 is 23.2 Å². The fourth-order valence-corrected chi connectivity index (χ4v) is 3.13. The quantitative estimate of drug-likeness (QED) is 0.575. The molecule has 2 amide bonds. The molecule has 1 saturated carbocycles. The monoisotopic (exact) mass is 396 g/mol. The molecule has 0 atom stereocenters. The zero-order valence-electron chi connectivity index (χ0n) is 15.8. The number of fused-ring (bicyclic) bond motifs is 1. The molecular formula is C21H20N2O6. The fraction of sp³-hybridized carbons (Fsp3) is 0.286. The van der Waals surface area contributed by atoms with E-state index in [9.17, 15) is 14.4 Å². The van der Waals surface area contributed by atoms with Gasteiger partial charge >= 0.3 is 5.97 Å². The lowest BCUT2D eigenvalue weighted by molar-refractivity contribution is -0.131. The number of ether oxygens (including phenoxy) is 3. The number of para-hydroxylation sites is 1. The Morgan fingerprint density at radius 2 is 1.72 bits per heavy atom. The maximum atomic E-state index is 12.9. The lowest BCUT2D eigenvalue weighted by Gasteiger charge is -2.17. The lowest BCUT2D eigenvalue weighted by Crippen LogP contribution is -2.36. The molecule has 0 bridgehead atoms. The molecule has 0 radical (unpaired) electrons. The normalized spacial score (nSPS) is 15.3. The number of carbonyl (C=O) groups is 3. The van der Waals surface area contributed by atoms with Crippen LogP contribution in [0, 0.1) is 5.41 Å². The molecule has 0 unspecified atom stereocenters. The van der Waals surface area contributed by atoms with Crippen LogP contribution < -0.4 is 20.1 Å². The summed E-state index contributed by atoms with van der Waals surface area (Å²) in [4.78, 5) is 37.8. The van der Waals surface area contributed by atoms with Crippen molar-refractivity contribution < 1.29 is 28.6 Å². The van der Waals surface area contributed by atoms with Gasteiger partial charge in [0.2, 0.25) is 18.6 Å². The summed E-state index contributed by atoms with van der Waals surface area (Å²) in [5.74, 6) is -0.231. The molecule has 2 aromatic carbocycles. The molecule has 29 heavy (non-hydrogen) atoms. The Bertz CT molecular complexity index is 983. The van der Waals surface area contributed by atoms with Crippen LogP contribution in [0.3, 0.4) is 0 Å². The van der Waals surface area contributed by atoms with Crippen molar-refractivity contribution in [1.29, 1.82) is 0 Å². The average Bonchev–Trinajstić information content (AvgIpc) is 3.41.